The van der Waals surface area contributed by atoms with Crippen molar-refractivity contribution < 1.29 is 14.4 Å². The molecular weight excluding hydrogens is 294 g/mol. The monoisotopic (exact) mass is 317 g/mol. The summed E-state index contributed by atoms with van der Waals surface area (Å²) in [5.41, 5.74) is 0.379. The van der Waals surface area contributed by atoms with E-state index in [1.54, 1.807) is 19.1 Å². The van der Waals surface area contributed by atoms with Crippen molar-refractivity contribution >= 4 is 23.4 Å². The third-order valence-electron chi connectivity index (χ3n) is 4.06. The zero-order valence-electron chi connectivity index (χ0n) is 13.5. The largest absolute Gasteiger partial charge is 0.351 e. The average Bonchev–Trinajstić information content (AvgIpc) is 2.86. The molecule has 1 aromatic carbocycles. The van der Waals surface area contributed by atoms with E-state index < -0.39 is 6.04 Å². The first-order valence-electron chi connectivity index (χ1n) is 7.84. The van der Waals surface area contributed by atoms with Gasteiger partial charge in [0.2, 0.25) is 17.7 Å². The quantitative estimate of drug-likeness (QED) is 0.744. The number of carbonyl (C=O) groups excluding carboxylic acids is 3. The normalized spacial score (nSPS) is 21.4. The second-order valence-corrected chi connectivity index (χ2v) is 6.25. The number of rotatable bonds is 6. The first-order valence-corrected chi connectivity index (χ1v) is 7.84. The summed E-state index contributed by atoms with van der Waals surface area (Å²) in [6, 6.07) is 8.48. The van der Waals surface area contributed by atoms with Gasteiger partial charge >= 0.3 is 0 Å². The van der Waals surface area contributed by atoms with Gasteiger partial charge in [0.1, 0.15) is 6.04 Å². The van der Waals surface area contributed by atoms with Crippen LogP contribution in [0.25, 0.3) is 0 Å². The molecular formula is C17H23N3O3. The Balaban J connectivity index is 1.76. The molecule has 6 heteroatoms. The molecule has 0 aliphatic carbocycles. The summed E-state index contributed by atoms with van der Waals surface area (Å²) in [6.45, 7) is 3.59. The Morgan fingerprint density at radius 2 is 2.00 bits per heavy atom. The van der Waals surface area contributed by atoms with E-state index >= 15 is 0 Å². The highest BCUT2D eigenvalue weighted by molar-refractivity contribution is 5.96. The van der Waals surface area contributed by atoms with Crippen LogP contribution in [0.1, 0.15) is 39.5 Å². The van der Waals surface area contributed by atoms with Gasteiger partial charge in [0.05, 0.1) is 0 Å². The maximum Gasteiger partial charge on any atom is 0.246 e. The van der Waals surface area contributed by atoms with Crippen LogP contribution in [0.15, 0.2) is 30.3 Å². The van der Waals surface area contributed by atoms with Gasteiger partial charge in [-0.15, -0.1) is 0 Å². The van der Waals surface area contributed by atoms with E-state index in [-0.39, 0.29) is 29.7 Å². The van der Waals surface area contributed by atoms with Crippen LogP contribution in [0, 0.1) is 0 Å². The maximum absolute atomic E-state index is 12.0. The first kappa shape index (κ1) is 17.0. The van der Waals surface area contributed by atoms with Gasteiger partial charge in [-0.2, -0.15) is 0 Å². The van der Waals surface area contributed by atoms with Gasteiger partial charge in [0, 0.05) is 24.1 Å². The Bertz CT molecular complexity index is 588. The molecule has 1 saturated heterocycles. The number of amides is 3. The second kappa shape index (κ2) is 7.26. The number of benzene rings is 1. The summed E-state index contributed by atoms with van der Waals surface area (Å²) in [7, 11) is 0. The Labute approximate surface area is 136 Å². The van der Waals surface area contributed by atoms with Crippen LogP contribution in [0.2, 0.25) is 0 Å². The minimum atomic E-state index is -0.617. The fraction of sp³-hybridized carbons (Fsp3) is 0.471. The van der Waals surface area contributed by atoms with Crippen molar-refractivity contribution in [3.63, 3.8) is 0 Å². The minimum Gasteiger partial charge on any atom is -0.351 e. The Morgan fingerprint density at radius 3 is 2.61 bits per heavy atom. The summed E-state index contributed by atoms with van der Waals surface area (Å²) < 4.78 is 0. The number of para-hydroxylation sites is 1. The van der Waals surface area contributed by atoms with Crippen molar-refractivity contribution in [1.82, 2.24) is 10.6 Å². The van der Waals surface area contributed by atoms with Crippen LogP contribution in [0.3, 0.4) is 0 Å². The van der Waals surface area contributed by atoms with Gasteiger partial charge in [0.25, 0.3) is 0 Å². The smallest absolute Gasteiger partial charge is 0.246 e. The van der Waals surface area contributed by atoms with Crippen LogP contribution >= 0.6 is 0 Å². The summed E-state index contributed by atoms with van der Waals surface area (Å²) >= 11 is 0. The highest BCUT2D eigenvalue weighted by Gasteiger charge is 2.33. The number of hydrogen-bond donors (Lipinski definition) is 3. The summed E-state index contributed by atoms with van der Waals surface area (Å²) in [6.07, 6.45) is 2.09. The number of nitrogens with one attached hydrogen (secondary N) is 3. The second-order valence-electron chi connectivity index (χ2n) is 6.25. The molecule has 6 nitrogen and oxygen atoms in total. The number of carbonyl (C=O) groups is 3. The van der Waals surface area contributed by atoms with Crippen LogP contribution in [0.4, 0.5) is 5.69 Å². The summed E-state index contributed by atoms with van der Waals surface area (Å²) in [5, 5.41) is 8.33. The van der Waals surface area contributed by atoms with E-state index in [9.17, 15) is 14.4 Å². The first-order chi connectivity index (χ1) is 10.9. The van der Waals surface area contributed by atoms with Crippen LogP contribution in [-0.2, 0) is 14.4 Å². The third-order valence-corrected chi connectivity index (χ3v) is 4.06. The van der Waals surface area contributed by atoms with E-state index in [0.29, 0.717) is 18.5 Å². The van der Waals surface area contributed by atoms with Crippen molar-refractivity contribution in [2.75, 3.05) is 5.32 Å². The van der Waals surface area contributed by atoms with Gasteiger partial charge in [-0.1, -0.05) is 18.2 Å². The average molecular weight is 317 g/mol. The van der Waals surface area contributed by atoms with Crippen LogP contribution in [-0.4, -0.2) is 29.3 Å². The summed E-state index contributed by atoms with van der Waals surface area (Å²) in [4.78, 5) is 35.3. The molecule has 1 aromatic rings. The summed E-state index contributed by atoms with van der Waals surface area (Å²) in [5.74, 6) is -0.420. The van der Waals surface area contributed by atoms with Crippen molar-refractivity contribution in [1.29, 1.82) is 0 Å². The molecule has 2 rings (SSSR count). The van der Waals surface area contributed by atoms with Gasteiger partial charge in [-0.3, -0.25) is 14.4 Å². The number of hydrogen-bond acceptors (Lipinski definition) is 3. The molecule has 0 aromatic heterocycles. The minimum absolute atomic E-state index is 0.0310. The third kappa shape index (κ3) is 5.09. The Hall–Kier alpha value is -2.37. The van der Waals surface area contributed by atoms with E-state index in [1.807, 2.05) is 25.1 Å². The molecule has 3 amide bonds. The fourth-order valence-electron chi connectivity index (χ4n) is 2.58. The lowest BCUT2D eigenvalue weighted by Crippen LogP contribution is -2.43. The molecule has 23 heavy (non-hydrogen) atoms. The molecule has 0 radical (unpaired) electrons. The maximum atomic E-state index is 12.0. The van der Waals surface area contributed by atoms with Gasteiger partial charge in [-0.05, 0) is 38.8 Å². The molecule has 0 saturated carbocycles. The molecule has 0 unspecified atom stereocenters. The Kier molecular flexibility index (Phi) is 5.36. The van der Waals surface area contributed by atoms with Crippen LogP contribution in [0.5, 0.6) is 0 Å². The lowest BCUT2D eigenvalue weighted by atomic mass is 9.94. The zero-order chi connectivity index (χ0) is 16.9. The van der Waals surface area contributed by atoms with Crippen molar-refractivity contribution in [3.8, 4) is 0 Å². The highest BCUT2D eigenvalue weighted by atomic mass is 16.2. The topological polar surface area (TPSA) is 87.3 Å². The molecule has 0 bridgehead atoms. The Morgan fingerprint density at radius 1 is 1.30 bits per heavy atom. The fourth-order valence-corrected chi connectivity index (χ4v) is 2.58. The molecule has 1 heterocycles. The van der Waals surface area contributed by atoms with E-state index in [0.717, 1.165) is 6.42 Å². The molecule has 1 aliphatic heterocycles. The lowest BCUT2D eigenvalue weighted by Gasteiger charge is -2.23. The van der Waals surface area contributed by atoms with Crippen molar-refractivity contribution in [3.05, 3.63) is 30.3 Å². The van der Waals surface area contributed by atoms with E-state index in [4.69, 9.17) is 0 Å². The standard InChI is InChI=1S/C17H23N3O3/c1-12(16(23)19-13-6-4-3-5-7-13)18-14(21)8-10-17(2)11-9-15(22)20-17/h3-7,12H,8-11H2,1-2H3,(H,18,21)(H,19,23)(H,20,22)/t12-,17+/m1/s1. The zero-order valence-corrected chi connectivity index (χ0v) is 13.5. The highest BCUT2D eigenvalue weighted by Crippen LogP contribution is 2.24. The molecule has 3 N–H and O–H groups in total. The molecule has 124 valence electrons. The molecule has 0 spiro atoms. The predicted molar refractivity (Wildman–Crippen MR) is 87.7 cm³/mol. The molecule has 1 aliphatic rings. The van der Waals surface area contributed by atoms with Crippen LogP contribution < -0.4 is 16.0 Å². The molecule has 1 fully saturated rings. The van der Waals surface area contributed by atoms with Gasteiger partial charge in [0.15, 0.2) is 0 Å². The predicted octanol–water partition coefficient (Wildman–Crippen LogP) is 1.58. The lowest BCUT2D eigenvalue weighted by molar-refractivity contribution is -0.126. The van der Waals surface area contributed by atoms with Gasteiger partial charge in [-0.25, -0.2) is 0 Å². The van der Waals surface area contributed by atoms with Gasteiger partial charge < -0.3 is 16.0 Å². The number of anilines is 1. The molecule has 2 atom stereocenters. The van der Waals surface area contributed by atoms with Crippen molar-refractivity contribution in [2.45, 2.75) is 51.1 Å². The van der Waals surface area contributed by atoms with Crippen molar-refractivity contribution in [2.24, 2.45) is 0 Å². The SMILES string of the molecule is C[C@@H](NC(=O)CC[C@@]1(C)CCC(=O)N1)C(=O)Nc1ccccc1. The van der Waals surface area contributed by atoms with E-state index in [1.165, 1.54) is 0 Å². The van der Waals surface area contributed by atoms with E-state index in [2.05, 4.69) is 16.0 Å².